The molecule has 0 aliphatic carbocycles. The van der Waals surface area contributed by atoms with Crippen molar-refractivity contribution >= 4 is 29.9 Å². The van der Waals surface area contributed by atoms with Gasteiger partial charge in [-0.15, -0.1) is 24.0 Å². The number of ether oxygens (including phenoxy) is 2. The number of rotatable bonds is 10. The largest absolute Gasteiger partial charge is 0.488 e. The molecule has 0 fully saturated rings. The van der Waals surface area contributed by atoms with Crippen LogP contribution in [0, 0.1) is 6.92 Å². The van der Waals surface area contributed by atoms with Crippen molar-refractivity contribution in [2.45, 2.75) is 39.7 Å². The van der Waals surface area contributed by atoms with Crippen LogP contribution in [0.5, 0.6) is 5.75 Å². The van der Waals surface area contributed by atoms with Gasteiger partial charge in [0, 0.05) is 19.8 Å². The van der Waals surface area contributed by atoms with Gasteiger partial charge < -0.3 is 20.5 Å². The Kier molecular flexibility index (Phi) is 12.8. The lowest BCUT2D eigenvalue weighted by atomic mass is 10.2. The predicted octanol–water partition coefficient (Wildman–Crippen LogP) is 3.10. The Morgan fingerprint density at radius 1 is 1.30 bits per heavy atom. The van der Waals surface area contributed by atoms with Crippen LogP contribution in [-0.4, -0.2) is 38.4 Å². The van der Waals surface area contributed by atoms with Crippen molar-refractivity contribution in [3.05, 3.63) is 29.8 Å². The van der Waals surface area contributed by atoms with Gasteiger partial charge in [-0.3, -0.25) is 0 Å². The molecule has 0 heterocycles. The molecule has 3 N–H and O–H groups in total. The van der Waals surface area contributed by atoms with E-state index in [-0.39, 0.29) is 30.1 Å². The van der Waals surface area contributed by atoms with Crippen LogP contribution in [0.15, 0.2) is 29.3 Å². The average molecular weight is 435 g/mol. The quantitative estimate of drug-likeness (QED) is 0.257. The number of nitrogens with one attached hydrogen (secondary N) is 1. The summed E-state index contributed by atoms with van der Waals surface area (Å²) < 4.78 is 11.3. The topological polar surface area (TPSA) is 68.9 Å². The van der Waals surface area contributed by atoms with Gasteiger partial charge in [-0.1, -0.05) is 25.1 Å². The fraction of sp³-hybridized carbons (Fsp3) is 0.588. The molecule has 1 aromatic rings. The summed E-state index contributed by atoms with van der Waals surface area (Å²) in [6.07, 6.45) is 1.83. The van der Waals surface area contributed by atoms with E-state index in [2.05, 4.69) is 17.2 Å². The van der Waals surface area contributed by atoms with Gasteiger partial charge >= 0.3 is 0 Å². The van der Waals surface area contributed by atoms with Gasteiger partial charge in [0.15, 0.2) is 5.96 Å². The van der Waals surface area contributed by atoms with Gasteiger partial charge in [0.2, 0.25) is 0 Å². The number of nitrogens with zero attached hydrogens (tertiary/aromatic N) is 1. The third-order valence-corrected chi connectivity index (χ3v) is 3.28. The molecule has 1 atom stereocenters. The lowest BCUT2D eigenvalue weighted by Crippen LogP contribution is -2.34. The SMILES string of the molecule is CCOCCCNC(N)=NCC(CC)Oc1ccccc1C.I. The highest BCUT2D eigenvalue weighted by atomic mass is 127. The molecule has 132 valence electrons. The minimum Gasteiger partial charge on any atom is -0.488 e. The maximum Gasteiger partial charge on any atom is 0.188 e. The zero-order valence-corrected chi connectivity index (χ0v) is 16.7. The van der Waals surface area contributed by atoms with Crippen LogP contribution in [0.1, 0.15) is 32.3 Å². The zero-order valence-electron chi connectivity index (χ0n) is 14.4. The van der Waals surface area contributed by atoms with Gasteiger partial charge in [-0.25, -0.2) is 4.99 Å². The van der Waals surface area contributed by atoms with Crippen molar-refractivity contribution in [2.75, 3.05) is 26.3 Å². The second-order valence-electron chi connectivity index (χ2n) is 5.12. The molecular formula is C17H30IN3O2. The summed E-state index contributed by atoms with van der Waals surface area (Å²) in [5.41, 5.74) is 6.99. The van der Waals surface area contributed by atoms with Crippen molar-refractivity contribution in [2.24, 2.45) is 10.7 Å². The first-order chi connectivity index (χ1) is 10.7. The number of aryl methyl sites for hydroxylation is 1. The summed E-state index contributed by atoms with van der Waals surface area (Å²) in [5, 5.41) is 3.09. The molecule has 1 aromatic carbocycles. The van der Waals surface area contributed by atoms with E-state index in [9.17, 15) is 0 Å². The van der Waals surface area contributed by atoms with E-state index in [0.717, 1.165) is 43.9 Å². The molecule has 23 heavy (non-hydrogen) atoms. The monoisotopic (exact) mass is 435 g/mol. The van der Waals surface area contributed by atoms with Crippen LogP contribution in [0.4, 0.5) is 0 Å². The van der Waals surface area contributed by atoms with Crippen molar-refractivity contribution in [1.29, 1.82) is 0 Å². The maximum absolute atomic E-state index is 5.99. The van der Waals surface area contributed by atoms with Crippen LogP contribution in [0.25, 0.3) is 0 Å². The molecule has 5 nitrogen and oxygen atoms in total. The molecule has 0 radical (unpaired) electrons. The first kappa shape index (κ1) is 22.0. The summed E-state index contributed by atoms with van der Waals surface area (Å²) in [5.74, 6) is 1.37. The smallest absolute Gasteiger partial charge is 0.188 e. The molecule has 0 aliphatic rings. The number of hydrogen-bond acceptors (Lipinski definition) is 3. The van der Waals surface area contributed by atoms with Gasteiger partial charge in [-0.2, -0.15) is 0 Å². The molecule has 0 bridgehead atoms. The Labute approximate surface area is 157 Å². The third-order valence-electron chi connectivity index (χ3n) is 3.28. The average Bonchev–Trinajstić information content (AvgIpc) is 2.53. The fourth-order valence-corrected chi connectivity index (χ4v) is 1.91. The van der Waals surface area contributed by atoms with E-state index in [1.54, 1.807) is 0 Å². The summed E-state index contributed by atoms with van der Waals surface area (Å²) in [7, 11) is 0. The van der Waals surface area contributed by atoms with E-state index in [0.29, 0.717) is 12.5 Å². The Hall–Kier alpha value is -1.02. The van der Waals surface area contributed by atoms with Crippen LogP contribution in [0.3, 0.4) is 0 Å². The Balaban J connectivity index is 0.00000484. The number of hydrogen-bond donors (Lipinski definition) is 2. The number of guanidine groups is 1. The highest BCUT2D eigenvalue weighted by molar-refractivity contribution is 14.0. The predicted molar refractivity (Wildman–Crippen MR) is 107 cm³/mol. The minimum atomic E-state index is 0. The number of halogens is 1. The van der Waals surface area contributed by atoms with E-state index in [1.165, 1.54) is 0 Å². The second-order valence-corrected chi connectivity index (χ2v) is 5.12. The molecule has 0 saturated heterocycles. The number of aliphatic imine (C=N–C) groups is 1. The van der Waals surface area contributed by atoms with Crippen molar-refractivity contribution in [3.63, 3.8) is 0 Å². The third kappa shape index (κ3) is 9.65. The lowest BCUT2D eigenvalue weighted by molar-refractivity contribution is 0.145. The van der Waals surface area contributed by atoms with Gasteiger partial charge in [0.1, 0.15) is 11.9 Å². The molecule has 0 aliphatic heterocycles. The molecule has 1 unspecified atom stereocenters. The van der Waals surface area contributed by atoms with Crippen molar-refractivity contribution in [3.8, 4) is 5.75 Å². The number of nitrogens with two attached hydrogens (primary N) is 1. The van der Waals surface area contributed by atoms with E-state index >= 15 is 0 Å². The first-order valence-electron chi connectivity index (χ1n) is 8.01. The van der Waals surface area contributed by atoms with Crippen LogP contribution < -0.4 is 15.8 Å². The molecule has 0 saturated carbocycles. The summed E-state index contributed by atoms with van der Waals surface area (Å²) >= 11 is 0. The molecule has 6 heteroatoms. The highest BCUT2D eigenvalue weighted by Crippen LogP contribution is 2.18. The van der Waals surface area contributed by atoms with Crippen LogP contribution in [-0.2, 0) is 4.74 Å². The molecule has 1 rings (SSSR count). The number of para-hydroxylation sites is 1. The summed E-state index contributed by atoms with van der Waals surface area (Å²) in [4.78, 5) is 4.36. The normalized spacial score (nSPS) is 12.4. The molecule has 0 amide bonds. The minimum absolute atomic E-state index is 0. The molecule has 0 spiro atoms. The number of benzene rings is 1. The maximum atomic E-state index is 5.99. The Bertz CT molecular complexity index is 455. The Morgan fingerprint density at radius 2 is 2.04 bits per heavy atom. The highest BCUT2D eigenvalue weighted by Gasteiger charge is 2.09. The lowest BCUT2D eigenvalue weighted by Gasteiger charge is -2.17. The van der Waals surface area contributed by atoms with Gasteiger partial charge in [0.25, 0.3) is 0 Å². The zero-order chi connectivity index (χ0) is 16.2. The Morgan fingerprint density at radius 3 is 2.70 bits per heavy atom. The van der Waals surface area contributed by atoms with Gasteiger partial charge in [-0.05, 0) is 38.3 Å². The standard InChI is InChI=1S/C17H29N3O2.HI/c1-4-15(22-16-10-7-6-9-14(16)3)13-20-17(18)19-11-8-12-21-5-2;/h6-7,9-10,15H,4-5,8,11-13H2,1-3H3,(H3,18,19,20);1H. The van der Waals surface area contributed by atoms with E-state index in [1.807, 2.05) is 38.1 Å². The van der Waals surface area contributed by atoms with Crippen LogP contribution in [0.2, 0.25) is 0 Å². The summed E-state index contributed by atoms with van der Waals surface area (Å²) in [6.45, 7) is 8.93. The van der Waals surface area contributed by atoms with Crippen LogP contribution >= 0.6 is 24.0 Å². The van der Waals surface area contributed by atoms with Crippen molar-refractivity contribution in [1.82, 2.24) is 5.32 Å². The fourth-order valence-electron chi connectivity index (χ4n) is 1.91. The van der Waals surface area contributed by atoms with E-state index in [4.69, 9.17) is 15.2 Å². The molecule has 0 aromatic heterocycles. The summed E-state index contributed by atoms with van der Waals surface area (Å²) in [6, 6.07) is 8.01. The second kappa shape index (κ2) is 13.4. The van der Waals surface area contributed by atoms with E-state index < -0.39 is 0 Å². The van der Waals surface area contributed by atoms with Gasteiger partial charge in [0.05, 0.1) is 6.54 Å². The molecular weight excluding hydrogens is 405 g/mol. The first-order valence-corrected chi connectivity index (χ1v) is 8.01. The van der Waals surface area contributed by atoms with Crippen molar-refractivity contribution < 1.29 is 9.47 Å².